The molecule has 1 aromatic rings. The van der Waals surface area contributed by atoms with Gasteiger partial charge in [-0.3, -0.25) is 0 Å². The number of anilines is 1. The molecule has 1 heterocycles. The van der Waals surface area contributed by atoms with E-state index in [1.807, 2.05) is 0 Å². The number of rotatable bonds is 2. The lowest BCUT2D eigenvalue weighted by Gasteiger charge is -2.02. The number of hydrogen-bond donors (Lipinski definition) is 4. The first kappa shape index (κ1) is 7.11. The summed E-state index contributed by atoms with van der Waals surface area (Å²) in [4.78, 5) is 2.85. The van der Waals surface area contributed by atoms with E-state index in [-0.39, 0.29) is 12.6 Å². The second-order valence-corrected chi connectivity index (χ2v) is 2.18. The van der Waals surface area contributed by atoms with Crippen LogP contribution < -0.4 is 11.5 Å². The third-order valence-electron chi connectivity index (χ3n) is 1.32. The Hall–Kier alpha value is -1.00. The fourth-order valence-electron chi connectivity index (χ4n) is 0.742. The molecule has 6 N–H and O–H groups in total. The van der Waals surface area contributed by atoms with Gasteiger partial charge in [0.15, 0.2) is 0 Å². The quantitative estimate of drug-likeness (QED) is 0.451. The van der Waals surface area contributed by atoms with Crippen molar-refractivity contribution in [3.05, 3.63) is 18.0 Å². The van der Waals surface area contributed by atoms with E-state index in [1.54, 1.807) is 12.3 Å². The van der Waals surface area contributed by atoms with Crippen molar-refractivity contribution in [1.29, 1.82) is 0 Å². The minimum Gasteiger partial charge on any atom is -0.397 e. The van der Waals surface area contributed by atoms with Gasteiger partial charge in [-0.1, -0.05) is 0 Å². The Kier molecular flexibility index (Phi) is 1.94. The fourth-order valence-corrected chi connectivity index (χ4v) is 0.742. The van der Waals surface area contributed by atoms with Crippen LogP contribution >= 0.6 is 0 Å². The molecule has 56 valence electrons. The second kappa shape index (κ2) is 2.72. The highest BCUT2D eigenvalue weighted by atomic mass is 16.3. The molecule has 0 radical (unpaired) electrons. The van der Waals surface area contributed by atoms with E-state index in [2.05, 4.69) is 4.98 Å². The van der Waals surface area contributed by atoms with Gasteiger partial charge in [0.2, 0.25) is 0 Å². The number of H-pyrrole nitrogens is 1. The summed E-state index contributed by atoms with van der Waals surface area (Å²) in [7, 11) is 0. The normalized spacial score (nSPS) is 13.4. The maximum absolute atomic E-state index is 8.61. The Bertz CT molecular complexity index is 209. The molecule has 0 spiro atoms. The molecule has 1 atom stereocenters. The third-order valence-corrected chi connectivity index (χ3v) is 1.32. The SMILES string of the molecule is Nc1c[nH]c([C@@H](N)CO)c1. The lowest BCUT2D eigenvalue weighted by Crippen LogP contribution is -2.14. The van der Waals surface area contributed by atoms with Crippen LogP contribution in [-0.4, -0.2) is 16.7 Å². The Morgan fingerprint density at radius 1 is 1.70 bits per heavy atom. The molecule has 4 heteroatoms. The highest BCUT2D eigenvalue weighted by Gasteiger charge is 2.04. The topological polar surface area (TPSA) is 88.1 Å². The predicted octanol–water partition coefficient (Wildman–Crippen LogP) is -0.411. The lowest BCUT2D eigenvalue weighted by atomic mass is 10.2. The molecule has 1 rings (SSSR count). The van der Waals surface area contributed by atoms with Crippen LogP contribution in [0.3, 0.4) is 0 Å². The molecule has 0 aliphatic carbocycles. The summed E-state index contributed by atoms with van der Waals surface area (Å²) in [5.74, 6) is 0. The summed E-state index contributed by atoms with van der Waals surface area (Å²) >= 11 is 0. The first-order valence-corrected chi connectivity index (χ1v) is 3.04. The van der Waals surface area contributed by atoms with Gasteiger partial charge >= 0.3 is 0 Å². The third kappa shape index (κ3) is 1.29. The number of aliphatic hydroxyl groups is 1. The van der Waals surface area contributed by atoms with Crippen LogP contribution in [0.5, 0.6) is 0 Å². The van der Waals surface area contributed by atoms with E-state index >= 15 is 0 Å². The van der Waals surface area contributed by atoms with E-state index in [4.69, 9.17) is 16.6 Å². The van der Waals surface area contributed by atoms with Crippen molar-refractivity contribution < 1.29 is 5.11 Å². The van der Waals surface area contributed by atoms with Gasteiger partial charge in [-0.2, -0.15) is 0 Å². The number of nitrogen functional groups attached to an aromatic ring is 1. The molecule has 0 unspecified atom stereocenters. The zero-order valence-electron chi connectivity index (χ0n) is 5.54. The fraction of sp³-hybridized carbons (Fsp3) is 0.333. The minimum absolute atomic E-state index is 0.0695. The van der Waals surface area contributed by atoms with Gasteiger partial charge in [-0.25, -0.2) is 0 Å². The highest BCUT2D eigenvalue weighted by Crippen LogP contribution is 2.10. The Labute approximate surface area is 58.8 Å². The number of nitrogens with one attached hydrogen (secondary N) is 1. The van der Waals surface area contributed by atoms with Crippen LogP contribution in [0, 0.1) is 0 Å². The van der Waals surface area contributed by atoms with E-state index in [1.165, 1.54) is 0 Å². The number of aromatic nitrogens is 1. The largest absolute Gasteiger partial charge is 0.397 e. The monoisotopic (exact) mass is 141 g/mol. The zero-order chi connectivity index (χ0) is 7.56. The molecule has 0 amide bonds. The first-order chi connectivity index (χ1) is 4.74. The van der Waals surface area contributed by atoms with Gasteiger partial charge in [0.25, 0.3) is 0 Å². The number of aliphatic hydroxyl groups excluding tert-OH is 1. The zero-order valence-corrected chi connectivity index (χ0v) is 5.54. The second-order valence-electron chi connectivity index (χ2n) is 2.18. The molecule has 10 heavy (non-hydrogen) atoms. The maximum atomic E-state index is 8.61. The van der Waals surface area contributed by atoms with Crippen LogP contribution in [0.25, 0.3) is 0 Å². The van der Waals surface area contributed by atoms with E-state index in [0.29, 0.717) is 5.69 Å². The van der Waals surface area contributed by atoms with Gasteiger partial charge in [0.05, 0.1) is 12.6 Å². The molecule has 0 aromatic carbocycles. The maximum Gasteiger partial charge on any atom is 0.0683 e. The smallest absolute Gasteiger partial charge is 0.0683 e. The standard InChI is InChI=1S/C6H11N3O/c7-4-1-6(9-2-4)5(8)3-10/h1-2,5,9-10H,3,7-8H2/t5-/m0/s1. The summed E-state index contributed by atoms with van der Waals surface area (Å²) in [6.07, 6.45) is 1.64. The van der Waals surface area contributed by atoms with Crippen molar-refractivity contribution in [2.75, 3.05) is 12.3 Å². The molecule has 0 saturated carbocycles. The van der Waals surface area contributed by atoms with Gasteiger partial charge in [0.1, 0.15) is 0 Å². The molecular weight excluding hydrogens is 130 g/mol. The molecule has 0 saturated heterocycles. The van der Waals surface area contributed by atoms with Crippen molar-refractivity contribution in [1.82, 2.24) is 4.98 Å². The number of hydrogen-bond acceptors (Lipinski definition) is 3. The van der Waals surface area contributed by atoms with Crippen LogP contribution in [0.2, 0.25) is 0 Å². The molecule has 1 aromatic heterocycles. The summed E-state index contributed by atoms with van der Waals surface area (Å²) in [6, 6.07) is 1.36. The van der Waals surface area contributed by atoms with Crippen LogP contribution in [-0.2, 0) is 0 Å². The van der Waals surface area contributed by atoms with Crippen LogP contribution in [0.1, 0.15) is 11.7 Å². The lowest BCUT2D eigenvalue weighted by molar-refractivity contribution is 0.266. The molecule has 0 bridgehead atoms. The number of aromatic amines is 1. The van der Waals surface area contributed by atoms with Crippen LogP contribution in [0.4, 0.5) is 5.69 Å². The van der Waals surface area contributed by atoms with E-state index in [0.717, 1.165) is 5.69 Å². The highest BCUT2D eigenvalue weighted by molar-refractivity contribution is 5.38. The first-order valence-electron chi connectivity index (χ1n) is 3.04. The van der Waals surface area contributed by atoms with Gasteiger partial charge in [-0.15, -0.1) is 0 Å². The Morgan fingerprint density at radius 3 is 2.80 bits per heavy atom. The van der Waals surface area contributed by atoms with Crippen molar-refractivity contribution in [2.45, 2.75) is 6.04 Å². The minimum atomic E-state index is -0.350. The van der Waals surface area contributed by atoms with Gasteiger partial charge in [-0.05, 0) is 6.07 Å². The Morgan fingerprint density at radius 2 is 2.40 bits per heavy atom. The summed E-state index contributed by atoms with van der Waals surface area (Å²) in [5.41, 5.74) is 12.3. The van der Waals surface area contributed by atoms with E-state index < -0.39 is 0 Å². The average molecular weight is 141 g/mol. The van der Waals surface area contributed by atoms with Gasteiger partial charge < -0.3 is 21.6 Å². The van der Waals surface area contributed by atoms with Crippen LogP contribution in [0.15, 0.2) is 12.3 Å². The molecule has 0 fully saturated rings. The summed E-state index contributed by atoms with van der Waals surface area (Å²) in [5, 5.41) is 8.61. The van der Waals surface area contributed by atoms with E-state index in [9.17, 15) is 0 Å². The van der Waals surface area contributed by atoms with Crippen molar-refractivity contribution in [3.63, 3.8) is 0 Å². The predicted molar refractivity (Wildman–Crippen MR) is 39.2 cm³/mol. The van der Waals surface area contributed by atoms with Crippen molar-refractivity contribution >= 4 is 5.69 Å². The molecule has 0 aliphatic rings. The molecule has 0 aliphatic heterocycles. The molecule has 4 nitrogen and oxygen atoms in total. The molecular formula is C6H11N3O. The van der Waals surface area contributed by atoms with Crippen molar-refractivity contribution in [2.24, 2.45) is 5.73 Å². The summed E-state index contributed by atoms with van der Waals surface area (Å²) in [6.45, 7) is -0.0695. The Balaban J connectivity index is 2.74. The summed E-state index contributed by atoms with van der Waals surface area (Å²) < 4.78 is 0. The van der Waals surface area contributed by atoms with Gasteiger partial charge in [0, 0.05) is 17.6 Å². The number of nitrogens with two attached hydrogens (primary N) is 2. The average Bonchev–Trinajstić information content (AvgIpc) is 2.34. The van der Waals surface area contributed by atoms with Crippen molar-refractivity contribution in [3.8, 4) is 0 Å².